The Morgan fingerprint density at radius 3 is 2.59 bits per heavy atom. The molecule has 1 atom stereocenters. The second kappa shape index (κ2) is 8.09. The number of carbonyl (C=O) groups excluding carboxylic acids is 3. The third-order valence-corrected chi connectivity index (χ3v) is 5.05. The van der Waals surface area contributed by atoms with Crippen molar-refractivity contribution in [2.45, 2.75) is 64.8 Å². The molecule has 0 aliphatic carbocycles. The molecular formula is C21H26ClN5O5. The summed E-state index contributed by atoms with van der Waals surface area (Å²) in [5.74, 6) is -0.267. The maximum atomic E-state index is 13.1. The molecule has 3 rings (SSSR count). The molecule has 10 nitrogen and oxygen atoms in total. The van der Waals surface area contributed by atoms with Crippen LogP contribution in [0.4, 0.5) is 9.59 Å². The van der Waals surface area contributed by atoms with E-state index in [9.17, 15) is 14.4 Å². The number of hydrogen-bond acceptors (Lipinski definition) is 7. The van der Waals surface area contributed by atoms with Gasteiger partial charge in [0.2, 0.25) is 5.89 Å². The molecule has 1 saturated heterocycles. The van der Waals surface area contributed by atoms with Gasteiger partial charge in [0, 0.05) is 5.02 Å². The van der Waals surface area contributed by atoms with Crippen LogP contribution in [0.2, 0.25) is 5.02 Å². The first kappa shape index (κ1) is 23.5. The van der Waals surface area contributed by atoms with Crippen molar-refractivity contribution in [1.82, 2.24) is 25.7 Å². The molecule has 1 aromatic heterocycles. The number of hydrogen-bond donors (Lipinski definition) is 2. The lowest BCUT2D eigenvalue weighted by Crippen LogP contribution is -2.44. The van der Waals surface area contributed by atoms with Crippen molar-refractivity contribution in [3.05, 3.63) is 46.6 Å². The zero-order valence-corrected chi connectivity index (χ0v) is 19.5. The van der Waals surface area contributed by atoms with Gasteiger partial charge in [0.05, 0.1) is 0 Å². The number of carbonyl (C=O) groups is 3. The lowest BCUT2D eigenvalue weighted by molar-refractivity contribution is -0.131. The van der Waals surface area contributed by atoms with Crippen molar-refractivity contribution in [2.75, 3.05) is 0 Å². The molecule has 0 spiro atoms. The Morgan fingerprint density at radius 2 is 1.97 bits per heavy atom. The van der Waals surface area contributed by atoms with E-state index in [4.69, 9.17) is 20.9 Å². The number of nitrogens with one attached hydrogen (secondary N) is 2. The highest BCUT2D eigenvalue weighted by molar-refractivity contribution is 6.30. The van der Waals surface area contributed by atoms with Crippen LogP contribution in [-0.4, -0.2) is 38.7 Å². The number of nitrogens with zero attached hydrogens (tertiary/aromatic N) is 3. The van der Waals surface area contributed by atoms with Gasteiger partial charge in [-0.25, -0.2) is 9.59 Å². The number of ether oxygens (including phenoxy) is 1. The lowest BCUT2D eigenvalue weighted by atomic mass is 9.92. The SMILES string of the molecule is CC(C)(C)OC(=O)NC(C)(C)c1noc(CN2C(=O)NC(C)(c3cccc(Cl)c3)C2=O)n1. The molecule has 2 heterocycles. The van der Waals surface area contributed by atoms with E-state index in [2.05, 4.69) is 20.8 Å². The van der Waals surface area contributed by atoms with Gasteiger partial charge < -0.3 is 19.9 Å². The summed E-state index contributed by atoms with van der Waals surface area (Å²) < 4.78 is 10.5. The number of aromatic nitrogens is 2. The van der Waals surface area contributed by atoms with Crippen LogP contribution in [0.1, 0.15) is 58.8 Å². The standard InChI is InChI=1S/C21H26ClN5O5/c1-19(2,3)31-18(30)25-20(4,5)15-23-14(32-26-15)11-27-16(28)21(6,24-17(27)29)12-8-7-9-13(22)10-12/h7-10H,11H2,1-6H3,(H,24,29)(H,25,30). The minimum absolute atomic E-state index is 0.0397. The van der Waals surface area contributed by atoms with E-state index in [1.165, 1.54) is 0 Å². The Kier molecular flexibility index (Phi) is 5.94. The summed E-state index contributed by atoms with van der Waals surface area (Å²) in [7, 11) is 0. The summed E-state index contributed by atoms with van der Waals surface area (Å²) in [5.41, 5.74) is -2.40. The quantitative estimate of drug-likeness (QED) is 0.650. The smallest absolute Gasteiger partial charge is 0.408 e. The second-order valence-electron chi connectivity index (χ2n) is 9.22. The number of rotatable bonds is 5. The summed E-state index contributed by atoms with van der Waals surface area (Å²) in [4.78, 5) is 43.0. The van der Waals surface area contributed by atoms with Crippen LogP contribution >= 0.6 is 11.6 Å². The molecule has 2 aromatic rings. The van der Waals surface area contributed by atoms with Crippen LogP contribution in [0, 0.1) is 0 Å². The molecule has 172 valence electrons. The fraction of sp³-hybridized carbons (Fsp3) is 0.476. The van der Waals surface area contributed by atoms with E-state index >= 15 is 0 Å². The van der Waals surface area contributed by atoms with Crippen LogP contribution in [0.5, 0.6) is 0 Å². The molecule has 1 aliphatic rings. The number of urea groups is 1. The highest BCUT2D eigenvalue weighted by Crippen LogP contribution is 2.31. The fourth-order valence-corrected chi connectivity index (χ4v) is 3.35. The topological polar surface area (TPSA) is 127 Å². The summed E-state index contributed by atoms with van der Waals surface area (Å²) in [6.07, 6.45) is -0.639. The van der Waals surface area contributed by atoms with Crippen LogP contribution in [0.15, 0.2) is 28.8 Å². The molecule has 11 heteroatoms. The first-order valence-corrected chi connectivity index (χ1v) is 10.3. The van der Waals surface area contributed by atoms with Crippen molar-refractivity contribution in [3.63, 3.8) is 0 Å². The van der Waals surface area contributed by atoms with Crippen LogP contribution in [0.3, 0.4) is 0 Å². The molecule has 0 radical (unpaired) electrons. The first-order valence-electron chi connectivity index (χ1n) is 9.96. The van der Waals surface area contributed by atoms with Gasteiger partial charge in [-0.3, -0.25) is 9.69 Å². The number of benzene rings is 1. The van der Waals surface area contributed by atoms with Gasteiger partial charge >= 0.3 is 12.1 Å². The molecular weight excluding hydrogens is 438 g/mol. The maximum absolute atomic E-state index is 13.1. The van der Waals surface area contributed by atoms with E-state index in [1.807, 2.05) is 0 Å². The van der Waals surface area contributed by atoms with Crippen LogP contribution < -0.4 is 10.6 Å². The Balaban J connectivity index is 1.74. The Morgan fingerprint density at radius 1 is 1.28 bits per heavy atom. The van der Waals surface area contributed by atoms with Crippen molar-refractivity contribution in [1.29, 1.82) is 0 Å². The molecule has 1 aliphatic heterocycles. The monoisotopic (exact) mass is 463 g/mol. The summed E-state index contributed by atoms with van der Waals surface area (Å²) >= 11 is 6.04. The molecule has 2 N–H and O–H groups in total. The Labute approximate surface area is 190 Å². The molecule has 1 aromatic carbocycles. The third kappa shape index (κ3) is 4.85. The van der Waals surface area contributed by atoms with Crippen molar-refractivity contribution in [2.24, 2.45) is 0 Å². The summed E-state index contributed by atoms with van der Waals surface area (Å²) in [6, 6.07) is 6.13. The Hall–Kier alpha value is -3.14. The number of halogens is 1. The van der Waals surface area contributed by atoms with Crippen molar-refractivity contribution in [3.8, 4) is 0 Å². The van der Waals surface area contributed by atoms with E-state index in [0.29, 0.717) is 10.6 Å². The zero-order chi connectivity index (χ0) is 23.9. The number of alkyl carbamates (subject to hydrolysis) is 1. The lowest BCUT2D eigenvalue weighted by Gasteiger charge is -2.26. The highest BCUT2D eigenvalue weighted by Gasteiger charge is 2.49. The predicted molar refractivity (Wildman–Crippen MR) is 115 cm³/mol. The first-order chi connectivity index (χ1) is 14.7. The highest BCUT2D eigenvalue weighted by atomic mass is 35.5. The average molecular weight is 464 g/mol. The van der Waals surface area contributed by atoms with E-state index < -0.39 is 34.7 Å². The minimum Gasteiger partial charge on any atom is -0.444 e. The second-order valence-corrected chi connectivity index (χ2v) is 9.66. The van der Waals surface area contributed by atoms with E-state index in [-0.39, 0.29) is 18.3 Å². The maximum Gasteiger partial charge on any atom is 0.408 e. The van der Waals surface area contributed by atoms with Gasteiger partial charge in [-0.1, -0.05) is 28.9 Å². The molecule has 4 amide bonds. The predicted octanol–water partition coefficient (Wildman–Crippen LogP) is 3.45. The van der Waals surface area contributed by atoms with E-state index in [0.717, 1.165) is 4.90 Å². The van der Waals surface area contributed by atoms with Gasteiger partial charge in [0.1, 0.15) is 23.2 Å². The van der Waals surface area contributed by atoms with Gasteiger partial charge in [-0.05, 0) is 59.2 Å². The summed E-state index contributed by atoms with van der Waals surface area (Å²) in [6.45, 7) is 9.98. The van der Waals surface area contributed by atoms with Crippen molar-refractivity contribution >= 4 is 29.6 Å². The number of imide groups is 1. The molecule has 0 saturated carbocycles. The third-order valence-electron chi connectivity index (χ3n) is 4.81. The van der Waals surface area contributed by atoms with Crippen LogP contribution in [0.25, 0.3) is 0 Å². The largest absolute Gasteiger partial charge is 0.444 e. The van der Waals surface area contributed by atoms with Gasteiger partial charge in [-0.15, -0.1) is 0 Å². The minimum atomic E-state index is -1.28. The van der Waals surface area contributed by atoms with Gasteiger partial charge in [0.15, 0.2) is 5.82 Å². The Bertz CT molecular complexity index is 1060. The van der Waals surface area contributed by atoms with Crippen molar-refractivity contribution < 1.29 is 23.6 Å². The molecule has 0 bridgehead atoms. The molecule has 1 fully saturated rings. The normalized spacial score (nSPS) is 19.2. The van der Waals surface area contributed by atoms with Gasteiger partial charge in [0.25, 0.3) is 5.91 Å². The van der Waals surface area contributed by atoms with Gasteiger partial charge in [-0.2, -0.15) is 4.98 Å². The molecule has 1 unspecified atom stereocenters. The van der Waals surface area contributed by atoms with E-state index in [1.54, 1.807) is 65.8 Å². The zero-order valence-electron chi connectivity index (χ0n) is 18.8. The molecule has 32 heavy (non-hydrogen) atoms. The average Bonchev–Trinajstić information content (AvgIpc) is 3.20. The fourth-order valence-electron chi connectivity index (χ4n) is 3.16. The summed E-state index contributed by atoms with van der Waals surface area (Å²) in [5, 5.41) is 9.71. The van der Waals surface area contributed by atoms with Crippen LogP contribution in [-0.2, 0) is 27.2 Å². The number of amides is 4.